The molecular weight excluding hydrogens is 348 g/mol. The van der Waals surface area contributed by atoms with Crippen LogP contribution < -0.4 is 10.5 Å². The van der Waals surface area contributed by atoms with Gasteiger partial charge in [0.15, 0.2) is 0 Å². The summed E-state index contributed by atoms with van der Waals surface area (Å²) in [6.45, 7) is 4.53. The summed E-state index contributed by atoms with van der Waals surface area (Å²) in [6.07, 6.45) is 3.12. The predicted octanol–water partition coefficient (Wildman–Crippen LogP) is 0.769. The fourth-order valence-corrected chi connectivity index (χ4v) is 2.93. The number of piperazine rings is 1. The molecule has 0 saturated carbocycles. The molecule has 8 nitrogen and oxygen atoms in total. The topological polar surface area (TPSA) is 84.7 Å². The van der Waals surface area contributed by atoms with Gasteiger partial charge in [0, 0.05) is 44.6 Å². The van der Waals surface area contributed by atoms with E-state index in [4.69, 9.17) is 4.74 Å². The second-order valence-electron chi connectivity index (χ2n) is 6.16. The van der Waals surface area contributed by atoms with E-state index in [1.54, 1.807) is 42.3 Å². The Bertz CT molecular complexity index is 855. The van der Waals surface area contributed by atoms with Crippen LogP contribution in [0.15, 0.2) is 47.5 Å². The Balaban J connectivity index is 1.55. The number of hydrogen-bond donors (Lipinski definition) is 0. The van der Waals surface area contributed by atoms with Gasteiger partial charge >= 0.3 is 5.97 Å². The van der Waals surface area contributed by atoms with Crippen LogP contribution in [-0.2, 0) is 16.1 Å². The third-order valence-electron chi connectivity index (χ3n) is 4.42. The Hall–Kier alpha value is -3.16. The van der Waals surface area contributed by atoms with Crippen LogP contribution in [0.1, 0.15) is 17.3 Å². The van der Waals surface area contributed by atoms with Gasteiger partial charge in [-0.1, -0.05) is 6.07 Å². The number of rotatable bonds is 5. The fraction of sp³-hybridized carbons (Fsp3) is 0.368. The molecule has 0 unspecified atom stereocenters. The molecule has 2 aromatic heterocycles. The first-order chi connectivity index (χ1) is 13.1. The van der Waals surface area contributed by atoms with Crippen LogP contribution in [0.4, 0.5) is 5.82 Å². The van der Waals surface area contributed by atoms with Crippen molar-refractivity contribution in [1.29, 1.82) is 0 Å². The van der Waals surface area contributed by atoms with Crippen molar-refractivity contribution in [1.82, 2.24) is 14.5 Å². The molecule has 0 N–H and O–H groups in total. The van der Waals surface area contributed by atoms with E-state index in [0.29, 0.717) is 38.3 Å². The van der Waals surface area contributed by atoms with Gasteiger partial charge < -0.3 is 19.1 Å². The van der Waals surface area contributed by atoms with Gasteiger partial charge in [0.25, 0.3) is 5.56 Å². The minimum absolute atomic E-state index is 0.0478. The highest BCUT2D eigenvalue weighted by molar-refractivity contribution is 5.89. The lowest BCUT2D eigenvalue weighted by atomic mass is 10.2. The predicted molar refractivity (Wildman–Crippen MR) is 99.7 cm³/mol. The zero-order valence-corrected chi connectivity index (χ0v) is 15.2. The van der Waals surface area contributed by atoms with Crippen LogP contribution in [0.25, 0.3) is 0 Å². The first-order valence-corrected chi connectivity index (χ1v) is 8.90. The normalized spacial score (nSPS) is 14.1. The van der Waals surface area contributed by atoms with Gasteiger partial charge in [-0.25, -0.2) is 9.78 Å². The average molecular weight is 370 g/mol. The number of anilines is 1. The van der Waals surface area contributed by atoms with Crippen LogP contribution in [0.5, 0.6) is 0 Å². The third kappa shape index (κ3) is 4.52. The molecule has 0 radical (unpaired) electrons. The van der Waals surface area contributed by atoms with E-state index in [-0.39, 0.29) is 24.0 Å². The number of nitrogens with zero attached hydrogens (tertiary/aromatic N) is 4. The summed E-state index contributed by atoms with van der Waals surface area (Å²) in [6, 6.07) is 8.31. The van der Waals surface area contributed by atoms with Crippen LogP contribution in [0.2, 0.25) is 0 Å². The molecule has 3 rings (SSSR count). The number of carbonyl (C=O) groups is 2. The van der Waals surface area contributed by atoms with Crippen molar-refractivity contribution < 1.29 is 14.3 Å². The number of esters is 1. The van der Waals surface area contributed by atoms with Crippen LogP contribution in [0.3, 0.4) is 0 Å². The lowest BCUT2D eigenvalue weighted by molar-refractivity contribution is -0.132. The highest BCUT2D eigenvalue weighted by atomic mass is 16.5. The lowest BCUT2D eigenvalue weighted by Gasteiger charge is -2.35. The molecule has 1 aliphatic heterocycles. The van der Waals surface area contributed by atoms with Gasteiger partial charge in [0.05, 0.1) is 12.2 Å². The molecule has 0 aromatic carbocycles. The Labute approximate surface area is 157 Å². The van der Waals surface area contributed by atoms with Gasteiger partial charge in [-0.2, -0.15) is 0 Å². The van der Waals surface area contributed by atoms with Gasteiger partial charge in [-0.15, -0.1) is 0 Å². The second-order valence-corrected chi connectivity index (χ2v) is 6.16. The average Bonchev–Trinajstić information content (AvgIpc) is 2.70. The molecule has 3 heterocycles. The smallest absolute Gasteiger partial charge is 0.339 e. The first-order valence-electron chi connectivity index (χ1n) is 8.90. The molecular formula is C19H22N4O4. The standard InChI is InChI=1S/C19H22N4O4/c1-2-27-19(26)15-6-7-16(20-13-15)21-9-11-22(12-10-21)18(25)14-23-8-4-3-5-17(23)24/h3-8,13H,2,9-12,14H2,1H3. The summed E-state index contributed by atoms with van der Waals surface area (Å²) >= 11 is 0. The number of ether oxygens (including phenoxy) is 1. The quantitative estimate of drug-likeness (QED) is 0.723. The lowest BCUT2D eigenvalue weighted by Crippen LogP contribution is -2.50. The molecule has 8 heteroatoms. The zero-order valence-electron chi connectivity index (χ0n) is 15.2. The van der Waals surface area contributed by atoms with Crippen LogP contribution in [0, 0.1) is 0 Å². The molecule has 2 aromatic rings. The highest BCUT2D eigenvalue weighted by Crippen LogP contribution is 2.15. The summed E-state index contributed by atoms with van der Waals surface area (Å²) in [5, 5.41) is 0. The molecule has 1 amide bonds. The van der Waals surface area contributed by atoms with E-state index >= 15 is 0 Å². The zero-order chi connectivity index (χ0) is 19.2. The number of aromatic nitrogens is 2. The Morgan fingerprint density at radius 2 is 1.89 bits per heavy atom. The first kappa shape index (κ1) is 18.6. The molecule has 142 valence electrons. The maximum Gasteiger partial charge on any atom is 0.339 e. The SMILES string of the molecule is CCOC(=O)c1ccc(N2CCN(C(=O)Cn3ccccc3=O)CC2)nc1. The maximum atomic E-state index is 12.4. The van der Waals surface area contributed by atoms with E-state index < -0.39 is 0 Å². The largest absolute Gasteiger partial charge is 0.462 e. The molecule has 27 heavy (non-hydrogen) atoms. The second kappa shape index (κ2) is 8.48. The van der Waals surface area contributed by atoms with E-state index in [2.05, 4.69) is 9.88 Å². The van der Waals surface area contributed by atoms with Crippen molar-refractivity contribution in [3.8, 4) is 0 Å². The maximum absolute atomic E-state index is 12.4. The van der Waals surface area contributed by atoms with Crippen molar-refractivity contribution in [2.75, 3.05) is 37.7 Å². The van der Waals surface area contributed by atoms with Gasteiger partial charge in [-0.05, 0) is 25.1 Å². The minimum atomic E-state index is -0.386. The third-order valence-corrected chi connectivity index (χ3v) is 4.42. The molecule has 0 bridgehead atoms. The number of pyridine rings is 2. The van der Waals surface area contributed by atoms with E-state index in [9.17, 15) is 14.4 Å². The summed E-state index contributed by atoms with van der Waals surface area (Å²) in [5.74, 6) is 0.297. The summed E-state index contributed by atoms with van der Waals surface area (Å²) in [4.78, 5) is 44.0. The summed E-state index contributed by atoms with van der Waals surface area (Å²) in [5.41, 5.74) is 0.234. The molecule has 0 spiro atoms. The van der Waals surface area contributed by atoms with Gasteiger partial charge in [0.2, 0.25) is 5.91 Å². The molecule has 1 aliphatic rings. The number of amides is 1. The van der Waals surface area contributed by atoms with E-state index in [1.165, 1.54) is 16.8 Å². The van der Waals surface area contributed by atoms with Gasteiger partial charge in [-0.3, -0.25) is 9.59 Å². The van der Waals surface area contributed by atoms with Crippen molar-refractivity contribution in [2.45, 2.75) is 13.5 Å². The summed E-state index contributed by atoms with van der Waals surface area (Å²) in [7, 11) is 0. The van der Waals surface area contributed by atoms with E-state index in [0.717, 1.165) is 5.82 Å². The summed E-state index contributed by atoms with van der Waals surface area (Å²) < 4.78 is 6.36. The molecule has 1 saturated heterocycles. The van der Waals surface area contributed by atoms with Crippen LogP contribution >= 0.6 is 0 Å². The monoisotopic (exact) mass is 370 g/mol. The Morgan fingerprint density at radius 3 is 2.52 bits per heavy atom. The molecule has 1 fully saturated rings. The van der Waals surface area contributed by atoms with Crippen molar-refractivity contribution in [3.05, 3.63) is 58.6 Å². The van der Waals surface area contributed by atoms with Gasteiger partial charge in [0.1, 0.15) is 12.4 Å². The van der Waals surface area contributed by atoms with E-state index in [1.807, 2.05) is 0 Å². The molecule has 0 atom stereocenters. The van der Waals surface area contributed by atoms with Crippen LogP contribution in [-0.4, -0.2) is 59.1 Å². The minimum Gasteiger partial charge on any atom is -0.462 e. The Morgan fingerprint density at radius 1 is 1.11 bits per heavy atom. The number of carbonyl (C=O) groups excluding carboxylic acids is 2. The van der Waals surface area contributed by atoms with Crippen molar-refractivity contribution in [2.24, 2.45) is 0 Å². The highest BCUT2D eigenvalue weighted by Gasteiger charge is 2.22. The Kier molecular flexibility index (Phi) is 5.85. The fourth-order valence-electron chi connectivity index (χ4n) is 2.93. The molecule has 0 aliphatic carbocycles. The van der Waals surface area contributed by atoms with Crippen molar-refractivity contribution >= 4 is 17.7 Å². The van der Waals surface area contributed by atoms with Crippen molar-refractivity contribution in [3.63, 3.8) is 0 Å². The number of hydrogen-bond acceptors (Lipinski definition) is 6.